The smallest absolute Gasteiger partial charge is 0.417 e. The number of nitrogens with one attached hydrogen (secondary N) is 1. The summed E-state index contributed by atoms with van der Waals surface area (Å²) in [6.45, 7) is 2.02. The largest absolute Gasteiger partial charge is 0.457 e. The Morgan fingerprint density at radius 2 is 1.52 bits per heavy atom. The molecule has 0 saturated carbocycles. The van der Waals surface area contributed by atoms with Crippen LogP contribution < -0.4 is 10.1 Å². The third-order valence-electron chi connectivity index (χ3n) is 3.90. The average molecular weight is 361 g/mol. The number of para-hydroxylation sites is 2. The maximum absolute atomic E-state index is 12.4. The summed E-state index contributed by atoms with van der Waals surface area (Å²) < 4.78 is 10.6. The van der Waals surface area contributed by atoms with Crippen molar-refractivity contribution in [2.24, 2.45) is 0 Å². The molecule has 0 spiro atoms. The maximum atomic E-state index is 12.4. The van der Waals surface area contributed by atoms with Gasteiger partial charge in [-0.3, -0.25) is 5.32 Å². The van der Waals surface area contributed by atoms with Crippen LogP contribution in [0.15, 0.2) is 78.9 Å². The summed E-state index contributed by atoms with van der Waals surface area (Å²) in [6, 6.07) is 23.2. The highest BCUT2D eigenvalue weighted by atomic mass is 16.6. The van der Waals surface area contributed by atoms with Gasteiger partial charge in [0.05, 0.1) is 0 Å². The molecule has 3 aromatic rings. The van der Waals surface area contributed by atoms with E-state index in [1.165, 1.54) is 0 Å². The molecule has 0 atom stereocenters. The SMILES string of the molecule is Cc1ccccc1NC(=O)Oc1ccccc1C(=O)OCc1ccccc1. The van der Waals surface area contributed by atoms with Crippen LogP contribution in [0.4, 0.5) is 10.5 Å². The number of hydrogen-bond donors (Lipinski definition) is 1. The van der Waals surface area contributed by atoms with E-state index in [-0.39, 0.29) is 17.9 Å². The van der Waals surface area contributed by atoms with Crippen LogP contribution in [0.5, 0.6) is 5.75 Å². The number of ether oxygens (including phenoxy) is 2. The lowest BCUT2D eigenvalue weighted by molar-refractivity contribution is 0.0470. The summed E-state index contributed by atoms with van der Waals surface area (Å²) in [4.78, 5) is 24.6. The van der Waals surface area contributed by atoms with Gasteiger partial charge in [0.25, 0.3) is 0 Å². The molecule has 0 bridgehead atoms. The zero-order valence-electron chi connectivity index (χ0n) is 14.8. The maximum Gasteiger partial charge on any atom is 0.417 e. The summed E-state index contributed by atoms with van der Waals surface area (Å²) in [5.41, 5.74) is 2.62. The molecule has 0 unspecified atom stereocenters. The number of carbonyl (C=O) groups is 2. The lowest BCUT2D eigenvalue weighted by Gasteiger charge is -2.12. The van der Waals surface area contributed by atoms with Crippen molar-refractivity contribution >= 4 is 17.7 Å². The minimum atomic E-state index is -0.674. The van der Waals surface area contributed by atoms with Gasteiger partial charge < -0.3 is 9.47 Å². The predicted molar refractivity (Wildman–Crippen MR) is 103 cm³/mol. The minimum Gasteiger partial charge on any atom is -0.457 e. The second-order valence-electron chi connectivity index (χ2n) is 5.89. The zero-order valence-corrected chi connectivity index (χ0v) is 14.8. The Morgan fingerprint density at radius 1 is 0.852 bits per heavy atom. The predicted octanol–water partition coefficient (Wildman–Crippen LogP) is 4.96. The molecule has 1 N–H and O–H groups in total. The van der Waals surface area contributed by atoms with Crippen LogP contribution in [-0.2, 0) is 11.3 Å². The molecule has 0 aliphatic carbocycles. The van der Waals surface area contributed by atoms with E-state index in [4.69, 9.17) is 9.47 Å². The number of amides is 1. The molecule has 5 heteroatoms. The summed E-state index contributed by atoms with van der Waals surface area (Å²) in [6.07, 6.45) is -0.674. The Balaban J connectivity index is 1.67. The molecule has 27 heavy (non-hydrogen) atoms. The number of hydrogen-bond acceptors (Lipinski definition) is 4. The molecule has 3 aromatic carbocycles. The van der Waals surface area contributed by atoms with E-state index < -0.39 is 12.1 Å². The molecule has 1 amide bonds. The minimum absolute atomic E-state index is 0.140. The fourth-order valence-corrected chi connectivity index (χ4v) is 2.47. The number of benzene rings is 3. The summed E-state index contributed by atoms with van der Waals surface area (Å²) >= 11 is 0. The Morgan fingerprint density at radius 3 is 2.30 bits per heavy atom. The number of aryl methyl sites for hydroxylation is 1. The van der Waals surface area contributed by atoms with Gasteiger partial charge in [0, 0.05) is 5.69 Å². The molecule has 0 saturated heterocycles. The van der Waals surface area contributed by atoms with Gasteiger partial charge in [-0.1, -0.05) is 60.7 Å². The van der Waals surface area contributed by atoms with Crippen molar-refractivity contribution in [3.63, 3.8) is 0 Å². The third-order valence-corrected chi connectivity index (χ3v) is 3.90. The Hall–Kier alpha value is -3.60. The van der Waals surface area contributed by atoms with Crippen LogP contribution in [0.25, 0.3) is 0 Å². The van der Waals surface area contributed by atoms with Crippen LogP contribution in [0, 0.1) is 6.92 Å². The van der Waals surface area contributed by atoms with E-state index in [2.05, 4.69) is 5.32 Å². The van der Waals surface area contributed by atoms with Crippen molar-refractivity contribution in [3.8, 4) is 5.75 Å². The quantitative estimate of drug-likeness (QED) is 0.652. The lowest BCUT2D eigenvalue weighted by Crippen LogP contribution is -2.19. The van der Waals surface area contributed by atoms with Crippen molar-refractivity contribution in [1.29, 1.82) is 0 Å². The first-order valence-corrected chi connectivity index (χ1v) is 8.48. The van der Waals surface area contributed by atoms with Gasteiger partial charge in [-0.25, -0.2) is 9.59 Å². The second kappa shape index (κ2) is 8.67. The Labute approximate surface area is 157 Å². The number of esters is 1. The monoisotopic (exact) mass is 361 g/mol. The van der Waals surface area contributed by atoms with Gasteiger partial charge in [-0.15, -0.1) is 0 Å². The molecule has 0 aliphatic heterocycles. The van der Waals surface area contributed by atoms with Crippen molar-refractivity contribution in [3.05, 3.63) is 95.6 Å². The van der Waals surface area contributed by atoms with Crippen molar-refractivity contribution < 1.29 is 19.1 Å². The zero-order chi connectivity index (χ0) is 19.1. The van der Waals surface area contributed by atoms with Crippen molar-refractivity contribution in [2.75, 3.05) is 5.32 Å². The Bertz CT molecular complexity index is 938. The number of anilines is 1. The molecule has 3 rings (SSSR count). The van der Waals surface area contributed by atoms with E-state index in [0.717, 1.165) is 11.1 Å². The summed E-state index contributed by atoms with van der Waals surface area (Å²) in [7, 11) is 0. The highest BCUT2D eigenvalue weighted by Gasteiger charge is 2.16. The first-order chi connectivity index (χ1) is 13.1. The van der Waals surface area contributed by atoms with Crippen LogP contribution in [-0.4, -0.2) is 12.1 Å². The topological polar surface area (TPSA) is 64.6 Å². The van der Waals surface area contributed by atoms with E-state index >= 15 is 0 Å². The lowest BCUT2D eigenvalue weighted by atomic mass is 10.2. The van der Waals surface area contributed by atoms with E-state index in [9.17, 15) is 9.59 Å². The van der Waals surface area contributed by atoms with Crippen LogP contribution >= 0.6 is 0 Å². The molecule has 5 nitrogen and oxygen atoms in total. The Kier molecular flexibility index (Phi) is 5.84. The molecule has 136 valence electrons. The van der Waals surface area contributed by atoms with Gasteiger partial charge in [-0.05, 0) is 36.2 Å². The average Bonchev–Trinajstić information content (AvgIpc) is 2.69. The first-order valence-electron chi connectivity index (χ1n) is 8.48. The highest BCUT2D eigenvalue weighted by Crippen LogP contribution is 2.21. The molecular weight excluding hydrogens is 342 g/mol. The van der Waals surface area contributed by atoms with E-state index in [1.54, 1.807) is 30.3 Å². The molecule has 0 heterocycles. The van der Waals surface area contributed by atoms with Gasteiger partial charge in [0.15, 0.2) is 0 Å². The normalized spacial score (nSPS) is 10.1. The van der Waals surface area contributed by atoms with Crippen molar-refractivity contribution in [2.45, 2.75) is 13.5 Å². The van der Waals surface area contributed by atoms with E-state index in [1.807, 2.05) is 55.5 Å². The molecule has 0 aromatic heterocycles. The standard InChI is InChI=1S/C22H19NO4/c1-16-9-5-7-13-19(16)23-22(25)27-20-14-8-6-12-18(20)21(24)26-15-17-10-3-2-4-11-17/h2-14H,15H2,1H3,(H,23,25). The van der Waals surface area contributed by atoms with Gasteiger partial charge >= 0.3 is 12.1 Å². The van der Waals surface area contributed by atoms with Crippen LogP contribution in [0.3, 0.4) is 0 Å². The fourth-order valence-electron chi connectivity index (χ4n) is 2.47. The van der Waals surface area contributed by atoms with Crippen LogP contribution in [0.2, 0.25) is 0 Å². The number of rotatable bonds is 5. The summed E-state index contributed by atoms with van der Waals surface area (Å²) in [5.74, 6) is -0.417. The van der Waals surface area contributed by atoms with Crippen molar-refractivity contribution in [1.82, 2.24) is 0 Å². The molecule has 0 radical (unpaired) electrons. The fraction of sp³-hybridized carbons (Fsp3) is 0.0909. The van der Waals surface area contributed by atoms with E-state index in [0.29, 0.717) is 5.69 Å². The number of carbonyl (C=O) groups excluding carboxylic acids is 2. The highest BCUT2D eigenvalue weighted by molar-refractivity contribution is 5.94. The first kappa shape index (κ1) is 18.2. The van der Waals surface area contributed by atoms with Gasteiger partial charge in [0.1, 0.15) is 17.9 Å². The third kappa shape index (κ3) is 4.95. The molecule has 0 aliphatic rings. The van der Waals surface area contributed by atoms with Gasteiger partial charge in [0.2, 0.25) is 0 Å². The van der Waals surface area contributed by atoms with Gasteiger partial charge in [-0.2, -0.15) is 0 Å². The second-order valence-corrected chi connectivity index (χ2v) is 5.89. The molecular formula is C22H19NO4. The van der Waals surface area contributed by atoms with Crippen LogP contribution in [0.1, 0.15) is 21.5 Å². The molecule has 0 fully saturated rings. The summed E-state index contributed by atoms with van der Waals surface area (Å²) in [5, 5.41) is 2.67.